The lowest BCUT2D eigenvalue weighted by molar-refractivity contribution is -0.121. The highest BCUT2D eigenvalue weighted by molar-refractivity contribution is 6.00. The molecule has 0 spiro atoms. The number of nitrogens with zero attached hydrogens (tertiary/aromatic N) is 1. The van der Waals surface area contributed by atoms with Gasteiger partial charge in [-0.3, -0.25) is 10.2 Å². The highest BCUT2D eigenvalue weighted by Crippen LogP contribution is 2.30. The van der Waals surface area contributed by atoms with Gasteiger partial charge in [0.1, 0.15) is 5.65 Å². The lowest BCUT2D eigenvalue weighted by Crippen LogP contribution is -2.36. The van der Waals surface area contributed by atoms with E-state index in [1.165, 1.54) is 0 Å². The molecule has 8 nitrogen and oxygen atoms in total. The number of hydrogen-bond acceptors (Lipinski definition) is 3. The van der Waals surface area contributed by atoms with Crippen molar-refractivity contribution in [2.45, 2.75) is 25.7 Å². The summed E-state index contributed by atoms with van der Waals surface area (Å²) in [4.78, 5) is 19.8. The minimum Gasteiger partial charge on any atom is -0.412 e. The van der Waals surface area contributed by atoms with Gasteiger partial charge in [0.2, 0.25) is 5.91 Å². The second kappa shape index (κ2) is 10.8. The van der Waals surface area contributed by atoms with E-state index in [0.29, 0.717) is 5.92 Å². The number of hydrogen-bond donors (Lipinski definition) is 5. The van der Waals surface area contributed by atoms with Crippen LogP contribution in [0.3, 0.4) is 0 Å². The highest BCUT2D eigenvalue weighted by atomic mass is 35.5. The predicted molar refractivity (Wildman–Crippen MR) is 108 cm³/mol. The van der Waals surface area contributed by atoms with Gasteiger partial charge in [-0.2, -0.15) is 0 Å². The van der Waals surface area contributed by atoms with Crippen LogP contribution in [0.1, 0.15) is 25.7 Å². The zero-order valence-electron chi connectivity index (χ0n) is 14.2. The maximum absolute atomic E-state index is 12.5. The average molecular weight is 405 g/mol. The quantitative estimate of drug-likeness (QED) is 0.389. The fourth-order valence-corrected chi connectivity index (χ4v) is 3.19. The summed E-state index contributed by atoms with van der Waals surface area (Å²) >= 11 is 0. The van der Waals surface area contributed by atoms with Crippen LogP contribution < -0.4 is 16.4 Å². The number of aromatic nitrogens is 2. The van der Waals surface area contributed by atoms with E-state index < -0.39 is 0 Å². The van der Waals surface area contributed by atoms with Crippen molar-refractivity contribution in [2.75, 3.05) is 11.9 Å². The Bertz CT molecular complexity index is 716. The van der Waals surface area contributed by atoms with Crippen molar-refractivity contribution in [2.24, 2.45) is 17.6 Å². The van der Waals surface area contributed by atoms with Gasteiger partial charge in [0.25, 0.3) is 0 Å². The fraction of sp³-hybridized carbons (Fsp3) is 0.438. The molecule has 8 N–H and O–H groups in total. The van der Waals surface area contributed by atoms with E-state index in [-0.39, 0.29) is 48.1 Å². The third-order valence-corrected chi connectivity index (χ3v) is 4.52. The number of carbonyl (C=O) groups excluding carboxylic acids is 1. The van der Waals surface area contributed by atoms with Crippen molar-refractivity contribution < 1.29 is 10.3 Å². The predicted octanol–water partition coefficient (Wildman–Crippen LogP) is 1.81. The molecule has 2 aromatic rings. The van der Waals surface area contributed by atoms with Crippen LogP contribution >= 0.6 is 24.8 Å². The number of guanidine groups is 1. The number of carbonyl (C=O) groups is 1. The molecule has 0 saturated heterocycles. The zero-order valence-corrected chi connectivity index (χ0v) is 15.9. The standard InChI is InChI=1S/C16H22N6O.2ClH.H2O/c17-16(18)21-9-10-1-3-11(4-2-10)15(23)22-13-6-8-20-14-12(13)5-7-19-14;;;/h5-8,10-11H,1-4,9H2,(H4,17,18,21)(H2,19,20,22,23);2*1H;1H2. The van der Waals surface area contributed by atoms with Crippen molar-refractivity contribution in [1.29, 1.82) is 5.41 Å². The van der Waals surface area contributed by atoms with Gasteiger partial charge in [-0.05, 0) is 43.7 Å². The molecule has 0 aliphatic heterocycles. The van der Waals surface area contributed by atoms with Crippen LogP contribution in [0.4, 0.5) is 5.69 Å². The first kappa shape index (κ1) is 24.0. The van der Waals surface area contributed by atoms with Gasteiger partial charge in [0.15, 0.2) is 5.96 Å². The smallest absolute Gasteiger partial charge is 0.227 e. The number of halogens is 2. The number of nitrogens with one attached hydrogen (secondary N) is 4. The Labute approximate surface area is 164 Å². The van der Waals surface area contributed by atoms with Crippen LogP contribution in [0.5, 0.6) is 0 Å². The Morgan fingerprint density at radius 1 is 1.27 bits per heavy atom. The van der Waals surface area contributed by atoms with Crippen LogP contribution in [0.2, 0.25) is 0 Å². The van der Waals surface area contributed by atoms with Crippen molar-refractivity contribution in [3.8, 4) is 0 Å². The number of anilines is 1. The molecule has 1 aliphatic rings. The maximum Gasteiger partial charge on any atom is 0.227 e. The SMILES string of the molecule is Cl.Cl.N=C(N)NCC1CCC(C(=O)Nc2ccnc3[nH]ccc23)CC1.O. The number of aromatic amines is 1. The summed E-state index contributed by atoms with van der Waals surface area (Å²) in [5.41, 5.74) is 6.89. The molecule has 0 radical (unpaired) electrons. The molecule has 10 heteroatoms. The molecule has 0 aromatic carbocycles. The molecule has 1 saturated carbocycles. The maximum atomic E-state index is 12.5. The number of amides is 1. The van der Waals surface area contributed by atoms with Crippen LogP contribution in [0, 0.1) is 17.2 Å². The second-order valence-corrected chi connectivity index (χ2v) is 6.10. The van der Waals surface area contributed by atoms with Gasteiger partial charge in [0.05, 0.1) is 5.69 Å². The Hall–Kier alpha value is -2.03. The van der Waals surface area contributed by atoms with Crippen LogP contribution in [-0.4, -0.2) is 33.9 Å². The molecule has 26 heavy (non-hydrogen) atoms. The minimum atomic E-state index is 0. The third-order valence-electron chi connectivity index (χ3n) is 4.52. The van der Waals surface area contributed by atoms with E-state index in [9.17, 15) is 4.79 Å². The number of H-pyrrole nitrogens is 1. The summed E-state index contributed by atoms with van der Waals surface area (Å²) in [6.45, 7) is 0.720. The first-order valence-corrected chi connectivity index (χ1v) is 7.94. The molecule has 1 amide bonds. The van der Waals surface area contributed by atoms with E-state index in [4.69, 9.17) is 11.1 Å². The summed E-state index contributed by atoms with van der Waals surface area (Å²) in [6.07, 6.45) is 7.22. The van der Waals surface area contributed by atoms with E-state index >= 15 is 0 Å². The molecular formula is C16H26Cl2N6O2. The van der Waals surface area contributed by atoms with E-state index in [1.807, 2.05) is 18.3 Å². The van der Waals surface area contributed by atoms with Gasteiger partial charge in [-0.25, -0.2) is 4.98 Å². The monoisotopic (exact) mass is 404 g/mol. The molecule has 0 atom stereocenters. The Kier molecular flexibility index (Phi) is 10.0. The van der Waals surface area contributed by atoms with E-state index in [2.05, 4.69) is 20.6 Å². The van der Waals surface area contributed by atoms with Gasteiger partial charge in [-0.1, -0.05) is 0 Å². The molecular weight excluding hydrogens is 379 g/mol. The number of nitrogens with two attached hydrogens (primary N) is 1. The lowest BCUT2D eigenvalue weighted by Gasteiger charge is -2.28. The molecule has 3 rings (SSSR count). The fourth-order valence-electron chi connectivity index (χ4n) is 3.19. The topological polar surface area (TPSA) is 151 Å². The number of pyridine rings is 1. The van der Waals surface area contributed by atoms with Gasteiger partial charge in [0, 0.05) is 30.2 Å². The Morgan fingerprint density at radius 2 is 1.96 bits per heavy atom. The van der Waals surface area contributed by atoms with Gasteiger partial charge >= 0.3 is 0 Å². The normalized spacial score (nSPS) is 18.6. The molecule has 2 heterocycles. The Balaban J connectivity index is 0.00000208. The second-order valence-electron chi connectivity index (χ2n) is 6.10. The minimum absolute atomic E-state index is 0. The first-order valence-electron chi connectivity index (χ1n) is 7.94. The molecule has 1 aliphatic carbocycles. The summed E-state index contributed by atoms with van der Waals surface area (Å²) < 4.78 is 0. The highest BCUT2D eigenvalue weighted by Gasteiger charge is 2.26. The molecule has 1 fully saturated rings. The number of rotatable bonds is 4. The summed E-state index contributed by atoms with van der Waals surface area (Å²) in [7, 11) is 0. The summed E-state index contributed by atoms with van der Waals surface area (Å²) in [5.74, 6) is 0.626. The van der Waals surface area contributed by atoms with Gasteiger partial charge in [-0.15, -0.1) is 24.8 Å². The largest absolute Gasteiger partial charge is 0.412 e. The van der Waals surface area contributed by atoms with E-state index in [0.717, 1.165) is 48.9 Å². The van der Waals surface area contributed by atoms with Gasteiger partial charge < -0.3 is 26.8 Å². The average Bonchev–Trinajstić information content (AvgIpc) is 3.03. The third kappa shape index (κ3) is 5.76. The lowest BCUT2D eigenvalue weighted by atomic mass is 9.81. The van der Waals surface area contributed by atoms with Crippen molar-refractivity contribution in [3.63, 3.8) is 0 Å². The van der Waals surface area contributed by atoms with Crippen molar-refractivity contribution in [3.05, 3.63) is 24.5 Å². The van der Waals surface area contributed by atoms with Crippen LogP contribution in [-0.2, 0) is 4.79 Å². The Morgan fingerprint density at radius 3 is 2.62 bits per heavy atom. The van der Waals surface area contributed by atoms with Crippen LogP contribution in [0.15, 0.2) is 24.5 Å². The summed E-state index contributed by atoms with van der Waals surface area (Å²) in [5, 5.41) is 14.0. The van der Waals surface area contributed by atoms with E-state index in [1.54, 1.807) is 6.20 Å². The zero-order chi connectivity index (χ0) is 16.2. The molecule has 146 valence electrons. The first-order chi connectivity index (χ1) is 11.1. The number of fused-ring (bicyclic) bond motifs is 1. The summed E-state index contributed by atoms with van der Waals surface area (Å²) in [6, 6.07) is 3.75. The molecule has 0 bridgehead atoms. The van der Waals surface area contributed by atoms with Crippen molar-refractivity contribution >= 4 is 53.4 Å². The van der Waals surface area contributed by atoms with Crippen molar-refractivity contribution in [1.82, 2.24) is 15.3 Å². The molecule has 2 aromatic heterocycles. The van der Waals surface area contributed by atoms with Crippen LogP contribution in [0.25, 0.3) is 11.0 Å². The molecule has 0 unspecified atom stereocenters.